The maximum Gasteiger partial charge on any atom is 0.332 e. The topological polar surface area (TPSA) is 92.5 Å². The van der Waals surface area contributed by atoms with E-state index in [1.165, 1.54) is 15.5 Å². The molecule has 3 aromatic heterocycles. The van der Waals surface area contributed by atoms with Gasteiger partial charge in [0.1, 0.15) is 0 Å². The van der Waals surface area contributed by atoms with Crippen molar-refractivity contribution in [2.75, 3.05) is 0 Å². The van der Waals surface area contributed by atoms with Gasteiger partial charge >= 0.3 is 5.69 Å². The van der Waals surface area contributed by atoms with Gasteiger partial charge in [0.05, 0.1) is 12.0 Å². The summed E-state index contributed by atoms with van der Waals surface area (Å²) in [7, 11) is 5.16. The molecule has 3 rings (SSSR count). The largest absolute Gasteiger partial charge is 0.332 e. The van der Waals surface area contributed by atoms with Crippen LogP contribution in [0.15, 0.2) is 22.1 Å². The molecule has 116 valence electrons. The van der Waals surface area contributed by atoms with E-state index >= 15 is 0 Å². The van der Waals surface area contributed by atoms with Gasteiger partial charge in [-0.2, -0.15) is 0 Å². The summed E-state index contributed by atoms with van der Waals surface area (Å²) in [5.41, 5.74) is 1.02. The number of hydrogen-bond acceptors (Lipinski definition) is 5. The molecule has 0 bridgehead atoms. The first-order valence-electron chi connectivity index (χ1n) is 6.95. The SMILES string of the molecule is Cn1cc(CCCn2c(=O)c3c(ncn3C)n(C)c2=O)nn1. The Hall–Kier alpha value is -2.71. The fraction of sp³-hybridized carbons (Fsp3) is 0.462. The smallest absolute Gasteiger partial charge is 0.328 e. The first kappa shape index (κ1) is 14.2. The number of hydrogen-bond donors (Lipinski definition) is 0. The summed E-state index contributed by atoms with van der Waals surface area (Å²) in [6.07, 6.45) is 4.66. The molecule has 0 N–H and O–H groups in total. The summed E-state index contributed by atoms with van der Waals surface area (Å²) in [5, 5.41) is 7.85. The van der Waals surface area contributed by atoms with E-state index in [2.05, 4.69) is 15.3 Å². The van der Waals surface area contributed by atoms with Gasteiger partial charge in [0.25, 0.3) is 5.56 Å². The lowest BCUT2D eigenvalue weighted by molar-refractivity contribution is 0.568. The zero-order valence-corrected chi connectivity index (χ0v) is 12.7. The van der Waals surface area contributed by atoms with Crippen LogP contribution in [0.25, 0.3) is 11.2 Å². The fourth-order valence-electron chi connectivity index (χ4n) is 2.52. The Labute approximate surface area is 125 Å². The normalized spacial score (nSPS) is 11.4. The van der Waals surface area contributed by atoms with Gasteiger partial charge in [0.2, 0.25) is 0 Å². The van der Waals surface area contributed by atoms with E-state index in [0.29, 0.717) is 30.6 Å². The number of aromatic nitrogens is 7. The second-order valence-corrected chi connectivity index (χ2v) is 5.31. The monoisotopic (exact) mass is 303 g/mol. The number of fused-ring (bicyclic) bond motifs is 1. The first-order chi connectivity index (χ1) is 10.5. The van der Waals surface area contributed by atoms with Crippen molar-refractivity contribution in [3.05, 3.63) is 39.1 Å². The van der Waals surface area contributed by atoms with Crippen molar-refractivity contribution in [1.82, 2.24) is 33.7 Å². The van der Waals surface area contributed by atoms with Crippen LogP contribution in [-0.2, 0) is 34.1 Å². The Morgan fingerprint density at radius 1 is 1.18 bits per heavy atom. The minimum absolute atomic E-state index is 0.308. The van der Waals surface area contributed by atoms with Gasteiger partial charge in [0.15, 0.2) is 11.2 Å². The highest BCUT2D eigenvalue weighted by molar-refractivity contribution is 5.69. The molecule has 3 heterocycles. The third kappa shape index (κ3) is 2.24. The molecule has 0 amide bonds. The molecule has 0 saturated heterocycles. The summed E-state index contributed by atoms with van der Waals surface area (Å²) in [5.74, 6) is 0. The van der Waals surface area contributed by atoms with E-state index in [-0.39, 0.29) is 11.2 Å². The van der Waals surface area contributed by atoms with Crippen molar-refractivity contribution in [2.24, 2.45) is 21.1 Å². The van der Waals surface area contributed by atoms with Crippen LogP contribution in [0.2, 0.25) is 0 Å². The van der Waals surface area contributed by atoms with Crippen LogP contribution in [0.3, 0.4) is 0 Å². The lowest BCUT2D eigenvalue weighted by atomic mass is 10.2. The molecule has 0 radical (unpaired) electrons. The predicted molar refractivity (Wildman–Crippen MR) is 79.5 cm³/mol. The summed E-state index contributed by atoms with van der Waals surface area (Å²) in [4.78, 5) is 28.9. The van der Waals surface area contributed by atoms with Gasteiger partial charge in [-0.15, -0.1) is 5.10 Å². The highest BCUT2D eigenvalue weighted by Gasteiger charge is 2.14. The Morgan fingerprint density at radius 2 is 1.95 bits per heavy atom. The number of rotatable bonds is 4. The lowest BCUT2D eigenvalue weighted by Gasteiger charge is -2.08. The van der Waals surface area contributed by atoms with E-state index in [4.69, 9.17) is 0 Å². The molecule has 0 aliphatic carbocycles. The molecule has 0 saturated carbocycles. The average molecular weight is 303 g/mol. The second kappa shape index (κ2) is 5.24. The van der Waals surface area contributed by atoms with Gasteiger partial charge in [-0.1, -0.05) is 5.21 Å². The molecule has 0 atom stereocenters. The molecule has 9 heteroatoms. The summed E-state index contributed by atoms with van der Waals surface area (Å²) in [6.45, 7) is 0.337. The van der Waals surface area contributed by atoms with Crippen LogP contribution < -0.4 is 11.2 Å². The van der Waals surface area contributed by atoms with Crippen LogP contribution in [-0.4, -0.2) is 33.7 Å². The van der Waals surface area contributed by atoms with Gasteiger partial charge in [-0.25, -0.2) is 9.78 Å². The Morgan fingerprint density at radius 3 is 2.64 bits per heavy atom. The highest BCUT2D eigenvalue weighted by atomic mass is 16.2. The molecule has 22 heavy (non-hydrogen) atoms. The number of aryl methyl sites for hydroxylation is 4. The molecule has 0 aliphatic rings. The quantitative estimate of drug-likeness (QED) is 0.629. The molecule has 3 aromatic rings. The minimum Gasteiger partial charge on any atom is -0.328 e. The van der Waals surface area contributed by atoms with Gasteiger partial charge in [-0.3, -0.25) is 18.6 Å². The molecule has 0 aliphatic heterocycles. The predicted octanol–water partition coefficient (Wildman–Crippen LogP) is -0.805. The second-order valence-electron chi connectivity index (χ2n) is 5.31. The average Bonchev–Trinajstić information content (AvgIpc) is 3.06. The third-order valence-corrected chi connectivity index (χ3v) is 3.67. The van der Waals surface area contributed by atoms with E-state index in [0.717, 1.165) is 5.69 Å². The van der Waals surface area contributed by atoms with E-state index in [9.17, 15) is 9.59 Å². The fourth-order valence-corrected chi connectivity index (χ4v) is 2.52. The maximum atomic E-state index is 12.5. The van der Waals surface area contributed by atoms with Crippen molar-refractivity contribution >= 4 is 11.2 Å². The van der Waals surface area contributed by atoms with Crippen LogP contribution in [0.4, 0.5) is 0 Å². The van der Waals surface area contributed by atoms with Crippen LogP contribution >= 0.6 is 0 Å². The van der Waals surface area contributed by atoms with E-state index in [1.54, 1.807) is 30.4 Å². The van der Waals surface area contributed by atoms with Gasteiger partial charge in [-0.05, 0) is 12.8 Å². The Kier molecular flexibility index (Phi) is 3.39. The first-order valence-corrected chi connectivity index (χ1v) is 6.95. The van der Waals surface area contributed by atoms with Gasteiger partial charge in [0, 0.05) is 33.9 Å². The minimum atomic E-state index is -0.352. The van der Waals surface area contributed by atoms with Crippen molar-refractivity contribution in [3.63, 3.8) is 0 Å². The zero-order chi connectivity index (χ0) is 15.9. The van der Waals surface area contributed by atoms with Crippen molar-refractivity contribution < 1.29 is 0 Å². The summed E-state index contributed by atoms with van der Waals surface area (Å²) in [6, 6.07) is 0. The Bertz CT molecular complexity index is 944. The number of nitrogens with zero attached hydrogens (tertiary/aromatic N) is 7. The maximum absolute atomic E-state index is 12.5. The van der Waals surface area contributed by atoms with Gasteiger partial charge < -0.3 is 4.57 Å². The van der Waals surface area contributed by atoms with Crippen LogP contribution in [0.1, 0.15) is 12.1 Å². The highest BCUT2D eigenvalue weighted by Crippen LogP contribution is 2.04. The third-order valence-electron chi connectivity index (χ3n) is 3.67. The molecule has 9 nitrogen and oxygen atoms in total. The van der Waals surface area contributed by atoms with Crippen LogP contribution in [0.5, 0.6) is 0 Å². The standard InChI is InChI=1S/C13H17N7O2/c1-17-8-14-11-10(17)12(21)20(13(22)19(11)3)6-4-5-9-7-18(2)16-15-9/h7-8H,4-6H2,1-3H3. The molecule has 0 aromatic carbocycles. The molecule has 0 spiro atoms. The zero-order valence-electron chi connectivity index (χ0n) is 12.7. The molecular weight excluding hydrogens is 286 g/mol. The van der Waals surface area contributed by atoms with Crippen molar-refractivity contribution in [2.45, 2.75) is 19.4 Å². The molecule has 0 unspecified atom stereocenters. The molecular formula is C13H17N7O2. The summed E-state index contributed by atoms with van der Waals surface area (Å²) < 4.78 is 5.91. The lowest BCUT2D eigenvalue weighted by Crippen LogP contribution is -2.39. The van der Waals surface area contributed by atoms with Crippen molar-refractivity contribution in [3.8, 4) is 0 Å². The van der Waals surface area contributed by atoms with E-state index in [1.807, 2.05) is 6.20 Å². The van der Waals surface area contributed by atoms with Crippen molar-refractivity contribution in [1.29, 1.82) is 0 Å². The number of imidazole rings is 1. The van der Waals surface area contributed by atoms with Crippen LogP contribution in [0, 0.1) is 0 Å². The summed E-state index contributed by atoms with van der Waals surface area (Å²) >= 11 is 0. The Balaban J connectivity index is 1.92. The van der Waals surface area contributed by atoms with E-state index < -0.39 is 0 Å². The molecule has 0 fully saturated rings.